The highest BCUT2D eigenvalue weighted by atomic mass is 16.5. The Kier molecular flexibility index (Phi) is 3.57. The van der Waals surface area contributed by atoms with Gasteiger partial charge in [0.15, 0.2) is 0 Å². The first-order valence-corrected chi connectivity index (χ1v) is 4.10. The first kappa shape index (κ1) is 10.1. The molecule has 1 N–H and O–H groups in total. The van der Waals surface area contributed by atoms with Crippen molar-refractivity contribution in [3.8, 4) is 17.6 Å². The summed E-state index contributed by atoms with van der Waals surface area (Å²) in [6.45, 7) is 1.91. The van der Waals surface area contributed by atoms with Gasteiger partial charge < -0.3 is 9.84 Å². The first-order chi connectivity index (χ1) is 6.75. The molecule has 0 saturated heterocycles. The van der Waals surface area contributed by atoms with E-state index < -0.39 is 5.97 Å². The van der Waals surface area contributed by atoms with Crippen LogP contribution in [0.25, 0.3) is 0 Å². The number of ether oxygens (including phenoxy) is 1. The molecule has 0 aliphatic carbocycles. The van der Waals surface area contributed by atoms with Gasteiger partial charge in [-0.05, 0) is 19.1 Å². The van der Waals surface area contributed by atoms with Crippen molar-refractivity contribution >= 4 is 5.97 Å². The number of carboxylic acids is 1. The highest BCUT2D eigenvalue weighted by Crippen LogP contribution is 2.17. The lowest BCUT2D eigenvalue weighted by Gasteiger charge is -2.04. The molecule has 1 aromatic rings. The Balaban J connectivity index is 2.83. The number of carboxylic acid groups (broad SMARTS) is 1. The van der Waals surface area contributed by atoms with Gasteiger partial charge >= 0.3 is 5.97 Å². The third kappa shape index (κ3) is 2.53. The van der Waals surface area contributed by atoms with Gasteiger partial charge in [-0.25, -0.2) is 4.79 Å². The van der Waals surface area contributed by atoms with Crippen LogP contribution in [-0.2, 0) is 0 Å². The van der Waals surface area contributed by atoms with Crippen molar-refractivity contribution in [3.63, 3.8) is 0 Å². The highest BCUT2D eigenvalue weighted by Gasteiger charge is 2.08. The van der Waals surface area contributed by atoms with E-state index in [1.807, 2.05) is 0 Å². The Bertz CT molecular complexity index is 385. The zero-order valence-corrected chi connectivity index (χ0v) is 7.78. The number of rotatable bonds is 3. The number of hydrogen-bond donors (Lipinski definition) is 1. The molecule has 0 fully saturated rings. The fourth-order valence-corrected chi connectivity index (χ4v) is 0.955. The molecule has 0 amide bonds. The lowest BCUT2D eigenvalue weighted by atomic mass is 10.2. The highest BCUT2D eigenvalue weighted by molar-refractivity contribution is 5.90. The maximum atomic E-state index is 10.7. The summed E-state index contributed by atoms with van der Waals surface area (Å²) in [7, 11) is 0. The predicted molar refractivity (Wildman–Crippen MR) is 52.3 cm³/mol. The second-order valence-electron chi connectivity index (χ2n) is 2.52. The minimum absolute atomic E-state index is 0.158. The smallest absolute Gasteiger partial charge is 0.339 e. The number of aromatic carboxylic acids is 1. The van der Waals surface area contributed by atoms with Gasteiger partial charge in [0.25, 0.3) is 0 Å². The van der Waals surface area contributed by atoms with Gasteiger partial charge in [-0.15, -0.1) is 5.92 Å². The first-order valence-electron chi connectivity index (χ1n) is 4.10. The van der Waals surface area contributed by atoms with E-state index in [1.165, 1.54) is 6.07 Å². The molecule has 14 heavy (non-hydrogen) atoms. The quantitative estimate of drug-likeness (QED) is 0.739. The van der Waals surface area contributed by atoms with Crippen LogP contribution in [-0.4, -0.2) is 17.7 Å². The van der Waals surface area contributed by atoms with Crippen LogP contribution in [0.5, 0.6) is 5.75 Å². The molecule has 3 nitrogen and oxygen atoms in total. The second-order valence-corrected chi connectivity index (χ2v) is 2.52. The lowest BCUT2D eigenvalue weighted by Crippen LogP contribution is -2.02. The van der Waals surface area contributed by atoms with Crippen LogP contribution >= 0.6 is 0 Å². The molecule has 0 aromatic heterocycles. The summed E-state index contributed by atoms with van der Waals surface area (Å²) in [5.74, 6) is 4.72. The SMILES string of the molecule is CC#CCOc1ccccc1C(=O)O. The van der Waals surface area contributed by atoms with E-state index in [1.54, 1.807) is 25.1 Å². The van der Waals surface area contributed by atoms with Crippen LogP contribution < -0.4 is 4.74 Å². The molecule has 3 heteroatoms. The van der Waals surface area contributed by atoms with Gasteiger partial charge in [0.05, 0.1) is 0 Å². The molecule has 0 heterocycles. The van der Waals surface area contributed by atoms with Crippen LogP contribution in [0.15, 0.2) is 24.3 Å². The van der Waals surface area contributed by atoms with Crippen molar-refractivity contribution in [1.29, 1.82) is 0 Å². The van der Waals surface area contributed by atoms with E-state index in [-0.39, 0.29) is 12.2 Å². The molecular formula is C11H10O3. The summed E-state index contributed by atoms with van der Waals surface area (Å²) < 4.78 is 5.18. The van der Waals surface area contributed by atoms with Crippen molar-refractivity contribution in [2.24, 2.45) is 0 Å². The number of para-hydroxylation sites is 1. The molecule has 0 unspecified atom stereocenters. The van der Waals surface area contributed by atoms with Gasteiger partial charge in [0, 0.05) is 0 Å². The summed E-state index contributed by atoms with van der Waals surface area (Å²) in [6.07, 6.45) is 0. The average molecular weight is 190 g/mol. The summed E-state index contributed by atoms with van der Waals surface area (Å²) in [6, 6.07) is 6.49. The normalized spacial score (nSPS) is 8.64. The van der Waals surface area contributed by atoms with Crippen LogP contribution in [0, 0.1) is 11.8 Å². The van der Waals surface area contributed by atoms with E-state index in [0.29, 0.717) is 5.75 Å². The number of benzene rings is 1. The Morgan fingerprint density at radius 1 is 1.50 bits per heavy atom. The Labute approximate surface area is 82.3 Å². The third-order valence-corrected chi connectivity index (χ3v) is 1.59. The standard InChI is InChI=1S/C11H10O3/c1-2-3-8-14-10-7-5-4-6-9(10)11(12)13/h4-7H,8H2,1H3,(H,12,13). The summed E-state index contributed by atoms with van der Waals surface area (Å²) in [5.41, 5.74) is 0.158. The Hall–Kier alpha value is -1.95. The van der Waals surface area contributed by atoms with E-state index in [4.69, 9.17) is 9.84 Å². The maximum Gasteiger partial charge on any atom is 0.339 e. The molecule has 0 spiro atoms. The van der Waals surface area contributed by atoms with Gasteiger partial charge in [-0.3, -0.25) is 0 Å². The molecular weight excluding hydrogens is 180 g/mol. The molecule has 0 atom stereocenters. The zero-order chi connectivity index (χ0) is 10.4. The number of hydrogen-bond acceptors (Lipinski definition) is 2. The molecule has 0 radical (unpaired) electrons. The molecule has 0 aliphatic heterocycles. The van der Waals surface area contributed by atoms with E-state index in [2.05, 4.69) is 11.8 Å². The van der Waals surface area contributed by atoms with Crippen LogP contribution in [0.1, 0.15) is 17.3 Å². The zero-order valence-electron chi connectivity index (χ0n) is 7.78. The van der Waals surface area contributed by atoms with Gasteiger partial charge in [-0.1, -0.05) is 18.1 Å². The van der Waals surface area contributed by atoms with Crippen molar-refractivity contribution in [3.05, 3.63) is 29.8 Å². The largest absolute Gasteiger partial charge is 0.480 e. The predicted octanol–water partition coefficient (Wildman–Crippen LogP) is 1.79. The average Bonchev–Trinajstić information content (AvgIpc) is 2.19. The van der Waals surface area contributed by atoms with Crippen molar-refractivity contribution < 1.29 is 14.6 Å². The Morgan fingerprint density at radius 3 is 2.86 bits per heavy atom. The monoisotopic (exact) mass is 190 g/mol. The summed E-state index contributed by atoms with van der Waals surface area (Å²) in [4.78, 5) is 10.7. The number of carbonyl (C=O) groups is 1. The third-order valence-electron chi connectivity index (χ3n) is 1.59. The van der Waals surface area contributed by atoms with Gasteiger partial charge in [-0.2, -0.15) is 0 Å². The van der Waals surface area contributed by atoms with Crippen molar-refractivity contribution in [2.45, 2.75) is 6.92 Å². The minimum atomic E-state index is -0.995. The van der Waals surface area contributed by atoms with Crippen LogP contribution in [0.2, 0.25) is 0 Å². The molecule has 1 aromatic carbocycles. The second kappa shape index (κ2) is 4.93. The van der Waals surface area contributed by atoms with Crippen molar-refractivity contribution in [2.75, 3.05) is 6.61 Å². The van der Waals surface area contributed by atoms with Gasteiger partial charge in [0.1, 0.15) is 17.9 Å². The maximum absolute atomic E-state index is 10.7. The van der Waals surface area contributed by atoms with Crippen molar-refractivity contribution in [1.82, 2.24) is 0 Å². The van der Waals surface area contributed by atoms with Crippen LogP contribution in [0.4, 0.5) is 0 Å². The molecule has 72 valence electrons. The fourth-order valence-electron chi connectivity index (χ4n) is 0.955. The summed E-state index contributed by atoms with van der Waals surface area (Å²) >= 11 is 0. The minimum Gasteiger partial charge on any atom is -0.480 e. The lowest BCUT2D eigenvalue weighted by molar-refractivity contribution is 0.0693. The fraction of sp³-hybridized carbons (Fsp3) is 0.182. The molecule has 0 saturated carbocycles. The van der Waals surface area contributed by atoms with E-state index in [9.17, 15) is 4.79 Å². The van der Waals surface area contributed by atoms with E-state index in [0.717, 1.165) is 0 Å². The van der Waals surface area contributed by atoms with Gasteiger partial charge in [0.2, 0.25) is 0 Å². The molecule has 0 bridgehead atoms. The summed E-state index contributed by atoms with van der Waals surface area (Å²) in [5, 5.41) is 8.81. The molecule has 0 aliphatic rings. The Morgan fingerprint density at radius 2 is 2.21 bits per heavy atom. The van der Waals surface area contributed by atoms with E-state index >= 15 is 0 Å². The topological polar surface area (TPSA) is 46.5 Å². The van der Waals surface area contributed by atoms with Crippen LogP contribution in [0.3, 0.4) is 0 Å². The molecule has 1 rings (SSSR count).